The van der Waals surface area contributed by atoms with Crippen LogP contribution in [-0.2, 0) is 0 Å². The molecular formula is C22H24Cl2N10O2. The molecular weight excluding hydrogens is 507 g/mol. The van der Waals surface area contributed by atoms with Crippen molar-refractivity contribution in [2.24, 2.45) is 11.8 Å². The number of anilines is 2. The first-order valence-electron chi connectivity index (χ1n) is 11.3. The third-order valence-corrected chi connectivity index (χ3v) is 6.80. The van der Waals surface area contributed by atoms with Crippen molar-refractivity contribution in [2.75, 3.05) is 24.7 Å². The Bertz CT molecular complexity index is 1360. The molecule has 6 rings (SSSR count). The number of aliphatic hydroxyl groups is 2. The summed E-state index contributed by atoms with van der Waals surface area (Å²) in [6.45, 7) is 0.301. The van der Waals surface area contributed by atoms with E-state index in [9.17, 15) is 0 Å². The molecule has 6 N–H and O–H groups in total. The van der Waals surface area contributed by atoms with Crippen LogP contribution in [0.15, 0.2) is 37.0 Å². The maximum absolute atomic E-state index is 9.14. The lowest BCUT2D eigenvalue weighted by Gasteiger charge is -2.12. The minimum atomic E-state index is 0.123. The van der Waals surface area contributed by atoms with Crippen molar-refractivity contribution in [3.05, 3.63) is 47.3 Å². The van der Waals surface area contributed by atoms with Gasteiger partial charge in [0.15, 0.2) is 21.6 Å². The van der Waals surface area contributed by atoms with Crippen LogP contribution in [0.3, 0.4) is 0 Å². The molecule has 0 saturated heterocycles. The molecule has 0 aliphatic heterocycles. The molecule has 12 nitrogen and oxygen atoms in total. The Balaban J connectivity index is 0.000000148. The van der Waals surface area contributed by atoms with E-state index in [1.807, 2.05) is 33.4 Å². The maximum atomic E-state index is 9.14. The van der Waals surface area contributed by atoms with Gasteiger partial charge in [-0.25, -0.2) is 9.97 Å². The van der Waals surface area contributed by atoms with Crippen LogP contribution in [0.25, 0.3) is 22.3 Å². The summed E-state index contributed by atoms with van der Waals surface area (Å²) in [5, 5.41) is 18.8. The smallest absolute Gasteiger partial charge is 0.223 e. The number of aromatic nitrogens is 8. The molecule has 0 aromatic carbocycles. The number of fused-ring (bicyclic) bond motifs is 2. The molecule has 0 fully saturated rings. The highest BCUT2D eigenvalue weighted by Crippen LogP contribution is 2.32. The van der Waals surface area contributed by atoms with E-state index in [2.05, 4.69) is 29.9 Å². The number of allylic oxidation sites excluding steroid dienone is 2. The fourth-order valence-electron chi connectivity index (χ4n) is 4.47. The minimum absolute atomic E-state index is 0.123. The van der Waals surface area contributed by atoms with E-state index in [0.29, 0.717) is 22.3 Å². The van der Waals surface area contributed by atoms with E-state index in [4.69, 9.17) is 44.9 Å². The van der Waals surface area contributed by atoms with Crippen molar-refractivity contribution in [3.8, 4) is 0 Å². The lowest BCUT2D eigenvalue weighted by Crippen LogP contribution is -2.08. The summed E-state index contributed by atoms with van der Waals surface area (Å²) < 4.78 is 3.82. The lowest BCUT2D eigenvalue weighted by atomic mass is 10.1. The number of halogens is 2. The number of nitrogens with zero attached hydrogens (tertiary/aromatic N) is 8. The molecule has 4 aromatic rings. The summed E-state index contributed by atoms with van der Waals surface area (Å²) in [5.74, 6) is 0.633. The molecule has 2 aliphatic rings. The summed E-state index contributed by atoms with van der Waals surface area (Å²) in [6, 6.07) is 0.245. The van der Waals surface area contributed by atoms with Gasteiger partial charge in [-0.2, -0.15) is 19.9 Å². The summed E-state index contributed by atoms with van der Waals surface area (Å²) in [6.07, 6.45) is 13.1. The van der Waals surface area contributed by atoms with Crippen LogP contribution >= 0.6 is 23.2 Å². The highest BCUT2D eigenvalue weighted by atomic mass is 35.5. The Morgan fingerprint density at radius 2 is 1.14 bits per heavy atom. The van der Waals surface area contributed by atoms with Gasteiger partial charge in [-0.05, 0) is 12.8 Å². The second-order valence-corrected chi connectivity index (χ2v) is 9.37. The summed E-state index contributed by atoms with van der Waals surface area (Å²) >= 11 is 11.9. The van der Waals surface area contributed by atoms with Crippen LogP contribution in [0.5, 0.6) is 0 Å². The Morgan fingerprint density at radius 3 is 1.50 bits per heavy atom. The molecule has 0 amide bonds. The largest absolute Gasteiger partial charge is 0.396 e. The molecule has 188 valence electrons. The van der Waals surface area contributed by atoms with Crippen molar-refractivity contribution < 1.29 is 10.2 Å². The quantitative estimate of drug-likeness (QED) is 0.226. The number of hydrogen-bond acceptors (Lipinski definition) is 10. The fraction of sp³-hybridized carbons (Fsp3) is 0.364. The van der Waals surface area contributed by atoms with Crippen LogP contribution in [0.2, 0.25) is 10.3 Å². The number of nitrogens with two attached hydrogens (primary N) is 2. The molecule has 4 atom stereocenters. The highest BCUT2D eigenvalue weighted by molar-refractivity contribution is 6.34. The van der Waals surface area contributed by atoms with Gasteiger partial charge in [-0.1, -0.05) is 47.5 Å². The maximum Gasteiger partial charge on any atom is 0.223 e. The standard InChI is InChI=1S/2C11H12ClN5O/c2*12-9-8-10(16-11(13)15-9)17(5-14-8)7-2-1-6(3-7)4-18/h2*1-2,5-7,18H,3-4H2,(H2,13,15,16)/t2*6-,7?/m10/s1. The summed E-state index contributed by atoms with van der Waals surface area (Å²) in [5.41, 5.74) is 13.5. The van der Waals surface area contributed by atoms with Gasteiger partial charge in [0.05, 0.1) is 24.7 Å². The van der Waals surface area contributed by atoms with Crippen molar-refractivity contribution >= 4 is 57.4 Å². The molecule has 4 heterocycles. The van der Waals surface area contributed by atoms with E-state index >= 15 is 0 Å². The Labute approximate surface area is 215 Å². The highest BCUT2D eigenvalue weighted by Gasteiger charge is 2.24. The van der Waals surface area contributed by atoms with Crippen molar-refractivity contribution in [1.29, 1.82) is 0 Å². The number of nitrogen functional groups attached to an aromatic ring is 2. The van der Waals surface area contributed by atoms with Gasteiger partial charge in [0.1, 0.15) is 11.0 Å². The zero-order valence-electron chi connectivity index (χ0n) is 19.0. The summed E-state index contributed by atoms with van der Waals surface area (Å²) in [4.78, 5) is 24.5. The zero-order chi connectivity index (χ0) is 25.4. The van der Waals surface area contributed by atoms with Crippen LogP contribution in [-0.4, -0.2) is 62.5 Å². The first-order valence-corrected chi connectivity index (χ1v) is 12.0. The van der Waals surface area contributed by atoms with E-state index in [0.717, 1.165) is 12.8 Å². The molecule has 0 radical (unpaired) electrons. The minimum Gasteiger partial charge on any atom is -0.396 e. The predicted octanol–water partition coefficient (Wildman–Crippen LogP) is 2.34. The molecule has 0 bridgehead atoms. The number of hydrogen-bond donors (Lipinski definition) is 4. The van der Waals surface area contributed by atoms with Gasteiger partial charge in [0.2, 0.25) is 11.9 Å². The topological polar surface area (TPSA) is 180 Å². The van der Waals surface area contributed by atoms with Crippen LogP contribution in [0, 0.1) is 11.8 Å². The molecule has 14 heteroatoms. The number of imidazole rings is 2. The molecule has 2 aliphatic carbocycles. The number of aliphatic hydroxyl groups excluding tert-OH is 2. The van der Waals surface area contributed by atoms with E-state index < -0.39 is 0 Å². The van der Waals surface area contributed by atoms with Gasteiger partial charge in [0, 0.05) is 25.0 Å². The van der Waals surface area contributed by atoms with Crippen LogP contribution < -0.4 is 11.5 Å². The first kappa shape index (κ1) is 24.4. The van der Waals surface area contributed by atoms with Gasteiger partial charge >= 0.3 is 0 Å². The van der Waals surface area contributed by atoms with Crippen molar-refractivity contribution in [3.63, 3.8) is 0 Å². The second kappa shape index (κ2) is 9.97. The van der Waals surface area contributed by atoms with E-state index in [-0.39, 0.29) is 59.3 Å². The predicted molar refractivity (Wildman–Crippen MR) is 136 cm³/mol. The summed E-state index contributed by atoms with van der Waals surface area (Å²) in [7, 11) is 0. The first-order chi connectivity index (χ1) is 17.4. The molecule has 36 heavy (non-hydrogen) atoms. The Hall–Kier alpha value is -3.32. The third-order valence-electron chi connectivity index (χ3n) is 6.28. The lowest BCUT2D eigenvalue weighted by molar-refractivity contribution is 0.244. The van der Waals surface area contributed by atoms with Gasteiger partial charge < -0.3 is 30.8 Å². The van der Waals surface area contributed by atoms with Crippen LogP contribution in [0.1, 0.15) is 24.9 Å². The Kier molecular flexibility index (Phi) is 6.75. The van der Waals surface area contributed by atoms with Gasteiger partial charge in [0.25, 0.3) is 0 Å². The van der Waals surface area contributed by atoms with E-state index in [1.54, 1.807) is 12.7 Å². The van der Waals surface area contributed by atoms with Gasteiger partial charge in [-0.15, -0.1) is 0 Å². The average molecular weight is 531 g/mol. The Morgan fingerprint density at radius 1 is 0.722 bits per heavy atom. The molecule has 0 saturated carbocycles. The number of rotatable bonds is 4. The second-order valence-electron chi connectivity index (χ2n) is 8.65. The third kappa shape index (κ3) is 4.60. The normalized spacial score (nSPS) is 23.0. The monoisotopic (exact) mass is 530 g/mol. The van der Waals surface area contributed by atoms with Crippen molar-refractivity contribution in [1.82, 2.24) is 39.0 Å². The average Bonchev–Trinajstić information content (AvgIpc) is 3.63. The molecule has 4 aromatic heterocycles. The fourth-order valence-corrected chi connectivity index (χ4v) is 4.91. The zero-order valence-corrected chi connectivity index (χ0v) is 20.5. The SMILES string of the molecule is Nc1nc(Cl)c2ncn(C3C=C[C@@H](CO)C3)c2n1.Nc1nc(Cl)c2ncn(C3C=C[C@H](CO)C3)c2n1. The molecule has 2 unspecified atom stereocenters. The van der Waals surface area contributed by atoms with Crippen molar-refractivity contribution in [2.45, 2.75) is 24.9 Å². The molecule has 0 spiro atoms. The van der Waals surface area contributed by atoms with E-state index in [1.165, 1.54) is 0 Å². The van der Waals surface area contributed by atoms with Gasteiger partial charge in [-0.3, -0.25) is 0 Å². The van der Waals surface area contributed by atoms with Crippen LogP contribution in [0.4, 0.5) is 11.9 Å².